The lowest BCUT2D eigenvalue weighted by Crippen LogP contribution is -2.40. The molecule has 2 aromatic rings. The number of pyridine rings is 1. The van der Waals surface area contributed by atoms with E-state index in [1.54, 1.807) is 25.2 Å². The number of nitrogens with zero attached hydrogens (tertiary/aromatic N) is 1. The SMILES string of the molecule is CCc1c(CCCCOC)cc(C)c2c1C(=O)N(Cc1c(OC)cc(C)[nH]c1=O)CC2.CO. The highest BCUT2D eigenvalue weighted by atomic mass is 16.5. The molecule has 7 heteroatoms. The molecule has 3 rings (SSSR count). The summed E-state index contributed by atoms with van der Waals surface area (Å²) < 4.78 is 10.6. The molecule has 2 heterocycles. The van der Waals surface area contributed by atoms with Crippen LogP contribution in [0.15, 0.2) is 16.9 Å². The fraction of sp³-hybridized carbons (Fsp3) is 0.538. The second kappa shape index (κ2) is 12.6. The summed E-state index contributed by atoms with van der Waals surface area (Å²) in [5, 5.41) is 7.00. The van der Waals surface area contributed by atoms with E-state index in [9.17, 15) is 9.59 Å². The van der Waals surface area contributed by atoms with Crippen LogP contribution in [-0.2, 0) is 30.5 Å². The summed E-state index contributed by atoms with van der Waals surface area (Å²) in [4.78, 5) is 30.8. The largest absolute Gasteiger partial charge is 0.496 e. The van der Waals surface area contributed by atoms with Crippen molar-refractivity contribution < 1.29 is 19.4 Å². The lowest BCUT2D eigenvalue weighted by molar-refractivity contribution is 0.0723. The minimum absolute atomic E-state index is 0.0157. The molecule has 1 aromatic heterocycles. The number of aliphatic hydroxyl groups is 1. The number of carbonyl (C=O) groups excluding carboxylic acids is 1. The Morgan fingerprint density at radius 2 is 1.82 bits per heavy atom. The Kier molecular flexibility index (Phi) is 10.1. The van der Waals surface area contributed by atoms with E-state index in [0.29, 0.717) is 17.9 Å². The summed E-state index contributed by atoms with van der Waals surface area (Å²) >= 11 is 0. The molecule has 0 fully saturated rings. The maximum Gasteiger partial charge on any atom is 0.256 e. The minimum atomic E-state index is -0.200. The van der Waals surface area contributed by atoms with Gasteiger partial charge < -0.3 is 24.5 Å². The first-order valence-corrected chi connectivity index (χ1v) is 11.5. The molecule has 0 spiro atoms. The highest BCUT2D eigenvalue weighted by molar-refractivity contribution is 5.99. The van der Waals surface area contributed by atoms with Gasteiger partial charge in [0.15, 0.2) is 0 Å². The van der Waals surface area contributed by atoms with Crippen molar-refractivity contribution in [2.45, 2.75) is 59.4 Å². The van der Waals surface area contributed by atoms with Gasteiger partial charge in [0, 0.05) is 38.6 Å². The summed E-state index contributed by atoms with van der Waals surface area (Å²) in [7, 11) is 4.28. The van der Waals surface area contributed by atoms with Crippen molar-refractivity contribution >= 4 is 5.91 Å². The smallest absolute Gasteiger partial charge is 0.256 e. The van der Waals surface area contributed by atoms with Crippen LogP contribution in [0.4, 0.5) is 0 Å². The number of fused-ring (bicyclic) bond motifs is 1. The summed E-state index contributed by atoms with van der Waals surface area (Å²) in [5.41, 5.74) is 6.63. The third-order valence-corrected chi connectivity index (χ3v) is 6.19. The quantitative estimate of drug-likeness (QED) is 0.563. The number of amides is 1. The molecule has 1 aliphatic heterocycles. The van der Waals surface area contributed by atoms with E-state index in [4.69, 9.17) is 14.6 Å². The van der Waals surface area contributed by atoms with Crippen molar-refractivity contribution in [1.82, 2.24) is 9.88 Å². The molecule has 1 aromatic carbocycles. The first kappa shape index (κ1) is 26.6. The average molecular weight is 459 g/mol. The van der Waals surface area contributed by atoms with Crippen molar-refractivity contribution in [3.05, 3.63) is 61.6 Å². The number of rotatable bonds is 9. The van der Waals surface area contributed by atoms with Crippen LogP contribution >= 0.6 is 0 Å². The molecule has 33 heavy (non-hydrogen) atoms. The third kappa shape index (κ3) is 6.03. The highest BCUT2D eigenvalue weighted by Crippen LogP contribution is 2.31. The number of hydrogen-bond acceptors (Lipinski definition) is 5. The summed E-state index contributed by atoms with van der Waals surface area (Å²) in [5.74, 6) is 0.542. The van der Waals surface area contributed by atoms with Gasteiger partial charge in [0.2, 0.25) is 0 Å². The Labute approximate surface area is 196 Å². The van der Waals surface area contributed by atoms with Gasteiger partial charge in [-0.2, -0.15) is 0 Å². The van der Waals surface area contributed by atoms with Crippen LogP contribution in [0, 0.1) is 13.8 Å². The molecule has 0 saturated carbocycles. The maximum absolute atomic E-state index is 13.6. The van der Waals surface area contributed by atoms with Gasteiger partial charge in [-0.05, 0) is 74.3 Å². The number of aliphatic hydroxyl groups excluding tert-OH is 1. The number of carbonyl (C=O) groups is 1. The molecule has 1 amide bonds. The molecule has 7 nitrogen and oxygen atoms in total. The van der Waals surface area contributed by atoms with Crippen LogP contribution in [0.3, 0.4) is 0 Å². The Balaban J connectivity index is 0.00000187. The summed E-state index contributed by atoms with van der Waals surface area (Å²) in [6.45, 7) is 7.64. The van der Waals surface area contributed by atoms with Crippen LogP contribution in [0.1, 0.15) is 63.6 Å². The predicted octanol–water partition coefficient (Wildman–Crippen LogP) is 3.34. The number of aromatic amines is 1. The molecule has 0 unspecified atom stereocenters. The van der Waals surface area contributed by atoms with Gasteiger partial charge in [0.1, 0.15) is 5.75 Å². The first-order valence-electron chi connectivity index (χ1n) is 11.5. The molecular weight excluding hydrogens is 420 g/mol. The number of unbranched alkanes of at least 4 members (excludes halogenated alkanes) is 1. The van der Waals surface area contributed by atoms with Gasteiger partial charge in [-0.25, -0.2) is 0 Å². The fourth-order valence-electron chi connectivity index (χ4n) is 4.61. The number of H-pyrrole nitrogens is 1. The van der Waals surface area contributed by atoms with Gasteiger partial charge in [0.05, 0.1) is 19.2 Å². The highest BCUT2D eigenvalue weighted by Gasteiger charge is 2.30. The average Bonchev–Trinajstić information content (AvgIpc) is 2.81. The van der Waals surface area contributed by atoms with Crippen molar-refractivity contribution in [3.63, 3.8) is 0 Å². The van der Waals surface area contributed by atoms with E-state index < -0.39 is 0 Å². The number of ether oxygens (including phenoxy) is 2. The number of benzene rings is 1. The molecule has 0 saturated heterocycles. The van der Waals surface area contributed by atoms with E-state index in [-0.39, 0.29) is 18.0 Å². The van der Waals surface area contributed by atoms with Gasteiger partial charge in [-0.15, -0.1) is 0 Å². The Morgan fingerprint density at radius 3 is 2.45 bits per heavy atom. The van der Waals surface area contributed by atoms with Crippen LogP contribution < -0.4 is 10.3 Å². The molecule has 182 valence electrons. The minimum Gasteiger partial charge on any atom is -0.496 e. The number of nitrogens with one attached hydrogen (secondary N) is 1. The summed E-state index contributed by atoms with van der Waals surface area (Å²) in [6, 6.07) is 4.07. The van der Waals surface area contributed by atoms with Crippen molar-refractivity contribution in [2.24, 2.45) is 0 Å². The van der Waals surface area contributed by atoms with Crippen molar-refractivity contribution in [3.8, 4) is 5.75 Å². The maximum atomic E-state index is 13.6. The van der Waals surface area contributed by atoms with Crippen molar-refractivity contribution in [1.29, 1.82) is 0 Å². The predicted molar refractivity (Wildman–Crippen MR) is 130 cm³/mol. The van der Waals surface area contributed by atoms with Gasteiger partial charge >= 0.3 is 0 Å². The van der Waals surface area contributed by atoms with Crippen molar-refractivity contribution in [2.75, 3.05) is 34.5 Å². The van der Waals surface area contributed by atoms with Crippen LogP contribution in [0.5, 0.6) is 5.75 Å². The van der Waals surface area contributed by atoms with E-state index in [0.717, 1.165) is 68.2 Å². The number of methoxy groups -OCH3 is 2. The standard InChI is InChI=1S/C25H34N2O4.CH4O/c1-6-19-18(9-7-8-12-30-4)13-16(2)20-10-11-27(25(29)23(19)20)15-21-22(31-5)14-17(3)26-24(21)28;1-2/h13-14H,6-12,15H2,1-5H3,(H,26,28);2H,1H3. The fourth-order valence-corrected chi connectivity index (χ4v) is 4.61. The van der Waals surface area contributed by atoms with Crippen LogP contribution in [0.25, 0.3) is 0 Å². The van der Waals surface area contributed by atoms with E-state index in [1.165, 1.54) is 11.1 Å². The van der Waals surface area contributed by atoms with Gasteiger partial charge in [0.25, 0.3) is 11.5 Å². The van der Waals surface area contributed by atoms with E-state index in [2.05, 4.69) is 24.9 Å². The lowest BCUT2D eigenvalue weighted by atomic mass is 9.84. The normalized spacial score (nSPS) is 12.8. The van der Waals surface area contributed by atoms with E-state index in [1.807, 2.05) is 6.92 Å². The monoisotopic (exact) mass is 458 g/mol. The van der Waals surface area contributed by atoms with Crippen LogP contribution in [-0.4, -0.2) is 55.4 Å². The van der Waals surface area contributed by atoms with Gasteiger partial charge in [-0.3, -0.25) is 9.59 Å². The molecule has 0 bridgehead atoms. The molecule has 0 atom stereocenters. The molecule has 0 aliphatic carbocycles. The second-order valence-corrected chi connectivity index (χ2v) is 8.29. The van der Waals surface area contributed by atoms with Crippen LogP contribution in [0.2, 0.25) is 0 Å². The molecule has 0 radical (unpaired) electrons. The zero-order valence-corrected chi connectivity index (χ0v) is 20.8. The Morgan fingerprint density at radius 1 is 1.09 bits per heavy atom. The molecular formula is C26H38N2O5. The first-order chi connectivity index (χ1) is 15.9. The zero-order valence-electron chi connectivity index (χ0n) is 20.8. The topological polar surface area (TPSA) is 91.9 Å². The Hall–Kier alpha value is -2.64. The molecule has 2 N–H and O–H groups in total. The Bertz CT molecular complexity index is 1010. The zero-order chi connectivity index (χ0) is 24.5. The number of aryl methyl sites for hydroxylation is 3. The second-order valence-electron chi connectivity index (χ2n) is 8.29. The number of aromatic nitrogens is 1. The molecule has 1 aliphatic rings. The summed E-state index contributed by atoms with van der Waals surface area (Å²) in [6.07, 6.45) is 4.60. The van der Waals surface area contributed by atoms with E-state index >= 15 is 0 Å². The third-order valence-electron chi connectivity index (χ3n) is 6.19. The van der Waals surface area contributed by atoms with Gasteiger partial charge in [-0.1, -0.05) is 13.0 Å². The lowest BCUT2D eigenvalue weighted by Gasteiger charge is -2.32. The number of hydrogen-bond donors (Lipinski definition) is 2.